The zero-order valence-corrected chi connectivity index (χ0v) is 20.3. The topological polar surface area (TPSA) is 83.8 Å². The lowest BCUT2D eigenvalue weighted by atomic mass is 10.1. The Balaban J connectivity index is 1.65. The molecule has 35 heavy (non-hydrogen) atoms. The predicted octanol–water partition coefficient (Wildman–Crippen LogP) is 6.25. The first kappa shape index (κ1) is 24.1. The van der Waals surface area contributed by atoms with Gasteiger partial charge in [-0.3, -0.25) is 4.79 Å². The molecule has 4 aromatic rings. The Hall–Kier alpha value is -4.02. The normalized spacial score (nSPS) is 11.3. The van der Waals surface area contributed by atoms with Crippen LogP contribution in [-0.2, 0) is 11.3 Å². The average molecular weight is 483 g/mol. The number of furan rings is 1. The Labute approximate surface area is 209 Å². The summed E-state index contributed by atoms with van der Waals surface area (Å²) < 4.78 is 7.02. The van der Waals surface area contributed by atoms with Crippen LogP contribution in [0.4, 0.5) is 0 Å². The van der Waals surface area contributed by atoms with Crippen LogP contribution in [-0.4, -0.2) is 21.4 Å². The number of carbonyl (C=O) groups excluding carboxylic acids is 1. The molecule has 0 aliphatic carbocycles. The third-order valence-corrected chi connectivity index (χ3v) is 6.42. The standard InChI is InChI=1S/C28H26N4O2S/c1-2-3-16-35-26-13-11-21(12-14-26)27-23(20-32(31-27)24-8-5-4-6-9-24)17-22(18-29)28(33)30-19-25-10-7-15-34-25/h4-15,17,20H,2-3,16,19H2,1H3,(H,30,33)/b22-17+. The fourth-order valence-corrected chi connectivity index (χ4v) is 4.45. The molecule has 0 saturated heterocycles. The van der Waals surface area contributed by atoms with E-state index in [0.717, 1.165) is 17.0 Å². The van der Waals surface area contributed by atoms with E-state index in [-0.39, 0.29) is 12.1 Å². The van der Waals surface area contributed by atoms with Crippen molar-refractivity contribution in [2.45, 2.75) is 31.2 Å². The van der Waals surface area contributed by atoms with Gasteiger partial charge in [0.15, 0.2) is 0 Å². The van der Waals surface area contributed by atoms with Gasteiger partial charge in [0.2, 0.25) is 0 Å². The summed E-state index contributed by atoms with van der Waals surface area (Å²) in [6.07, 6.45) is 7.32. The number of benzene rings is 2. The van der Waals surface area contributed by atoms with Crippen LogP contribution >= 0.6 is 11.8 Å². The number of nitrogens with zero attached hydrogens (tertiary/aromatic N) is 3. The SMILES string of the molecule is CCCCSc1ccc(-c2nn(-c3ccccc3)cc2/C=C(\C#N)C(=O)NCc2ccco2)cc1. The van der Waals surface area contributed by atoms with Crippen molar-refractivity contribution in [2.75, 3.05) is 5.75 Å². The third-order valence-electron chi connectivity index (χ3n) is 5.33. The molecule has 1 N–H and O–H groups in total. The average Bonchev–Trinajstić information content (AvgIpc) is 3.57. The van der Waals surface area contributed by atoms with Crippen molar-refractivity contribution in [3.8, 4) is 23.0 Å². The van der Waals surface area contributed by atoms with Crippen molar-refractivity contribution < 1.29 is 9.21 Å². The number of amides is 1. The van der Waals surface area contributed by atoms with Crippen LogP contribution in [0.1, 0.15) is 31.1 Å². The molecule has 4 rings (SSSR count). The second-order valence-electron chi connectivity index (χ2n) is 7.87. The van der Waals surface area contributed by atoms with Gasteiger partial charge in [0.05, 0.1) is 24.2 Å². The lowest BCUT2D eigenvalue weighted by Gasteiger charge is -2.04. The third kappa shape index (κ3) is 6.31. The van der Waals surface area contributed by atoms with Crippen LogP contribution in [0.2, 0.25) is 0 Å². The van der Waals surface area contributed by atoms with Gasteiger partial charge in [0.1, 0.15) is 17.4 Å². The number of unbranched alkanes of at least 4 members (excludes halogenated alkanes) is 1. The highest BCUT2D eigenvalue weighted by Gasteiger charge is 2.15. The molecular weight excluding hydrogens is 456 g/mol. The summed E-state index contributed by atoms with van der Waals surface area (Å²) in [6.45, 7) is 2.40. The van der Waals surface area contributed by atoms with Gasteiger partial charge in [-0.25, -0.2) is 4.68 Å². The summed E-state index contributed by atoms with van der Waals surface area (Å²) in [4.78, 5) is 13.9. The molecule has 176 valence electrons. The Bertz CT molecular complexity index is 1320. The smallest absolute Gasteiger partial charge is 0.262 e. The summed E-state index contributed by atoms with van der Waals surface area (Å²) >= 11 is 1.84. The van der Waals surface area contributed by atoms with Gasteiger partial charge in [-0.2, -0.15) is 10.4 Å². The highest BCUT2D eigenvalue weighted by Crippen LogP contribution is 2.28. The van der Waals surface area contributed by atoms with Crippen LogP contribution in [0.3, 0.4) is 0 Å². The van der Waals surface area contributed by atoms with Crippen molar-refractivity contribution >= 4 is 23.7 Å². The van der Waals surface area contributed by atoms with Gasteiger partial charge < -0.3 is 9.73 Å². The van der Waals surface area contributed by atoms with E-state index in [1.165, 1.54) is 17.7 Å². The van der Waals surface area contributed by atoms with Gasteiger partial charge in [-0.15, -0.1) is 11.8 Å². The van der Waals surface area contributed by atoms with Crippen LogP contribution in [0.5, 0.6) is 0 Å². The largest absolute Gasteiger partial charge is 0.467 e. The van der Waals surface area contributed by atoms with Crippen LogP contribution < -0.4 is 5.32 Å². The summed E-state index contributed by atoms with van der Waals surface area (Å²) in [7, 11) is 0. The number of rotatable bonds is 10. The second-order valence-corrected chi connectivity index (χ2v) is 9.04. The number of thioether (sulfide) groups is 1. The van der Waals surface area contributed by atoms with Gasteiger partial charge in [0.25, 0.3) is 5.91 Å². The molecule has 6 nitrogen and oxygen atoms in total. The van der Waals surface area contributed by atoms with E-state index in [1.54, 1.807) is 29.2 Å². The van der Waals surface area contributed by atoms with Crippen molar-refractivity contribution in [3.05, 3.63) is 96.1 Å². The van der Waals surface area contributed by atoms with E-state index in [0.29, 0.717) is 17.0 Å². The zero-order valence-electron chi connectivity index (χ0n) is 19.5. The Kier molecular flexibility index (Phi) is 8.21. The van der Waals surface area contributed by atoms with E-state index in [1.807, 2.05) is 66.5 Å². The number of hydrogen-bond acceptors (Lipinski definition) is 5. The summed E-state index contributed by atoms with van der Waals surface area (Å²) in [6, 6.07) is 23.5. The molecule has 2 aromatic heterocycles. The molecule has 0 fully saturated rings. The quantitative estimate of drug-likeness (QED) is 0.125. The molecule has 2 aromatic carbocycles. The van der Waals surface area contributed by atoms with Crippen molar-refractivity contribution in [2.24, 2.45) is 0 Å². The fraction of sp³-hybridized carbons (Fsp3) is 0.179. The minimum absolute atomic E-state index is 0.00263. The molecule has 0 unspecified atom stereocenters. The highest BCUT2D eigenvalue weighted by atomic mass is 32.2. The van der Waals surface area contributed by atoms with Gasteiger partial charge in [-0.05, 0) is 54.6 Å². The Morgan fingerprint density at radius 1 is 1.14 bits per heavy atom. The fourth-order valence-electron chi connectivity index (χ4n) is 3.45. The number of carbonyl (C=O) groups is 1. The van der Waals surface area contributed by atoms with Gasteiger partial charge in [-0.1, -0.05) is 43.7 Å². The van der Waals surface area contributed by atoms with E-state index < -0.39 is 5.91 Å². The number of nitriles is 1. The Morgan fingerprint density at radius 3 is 2.63 bits per heavy atom. The number of aromatic nitrogens is 2. The minimum atomic E-state index is -0.468. The Morgan fingerprint density at radius 2 is 1.94 bits per heavy atom. The van der Waals surface area contributed by atoms with Crippen LogP contribution in [0, 0.1) is 11.3 Å². The first-order chi connectivity index (χ1) is 17.2. The minimum Gasteiger partial charge on any atom is -0.467 e. The molecule has 0 atom stereocenters. The van der Waals surface area contributed by atoms with Crippen LogP contribution in [0.25, 0.3) is 23.0 Å². The van der Waals surface area contributed by atoms with Crippen molar-refractivity contribution in [3.63, 3.8) is 0 Å². The molecule has 0 bridgehead atoms. The monoisotopic (exact) mass is 482 g/mol. The number of nitrogens with one attached hydrogen (secondary N) is 1. The van der Waals surface area contributed by atoms with Gasteiger partial charge in [0, 0.05) is 22.2 Å². The molecule has 0 spiro atoms. The first-order valence-electron chi connectivity index (χ1n) is 11.5. The van der Waals surface area contributed by atoms with E-state index in [4.69, 9.17) is 9.52 Å². The second kappa shape index (κ2) is 11.9. The van der Waals surface area contributed by atoms with E-state index in [2.05, 4.69) is 24.4 Å². The molecule has 0 saturated carbocycles. The van der Waals surface area contributed by atoms with E-state index >= 15 is 0 Å². The first-order valence-corrected chi connectivity index (χ1v) is 12.5. The lowest BCUT2D eigenvalue weighted by Crippen LogP contribution is -2.23. The molecule has 7 heteroatoms. The molecule has 1 amide bonds. The molecule has 0 radical (unpaired) electrons. The summed E-state index contributed by atoms with van der Waals surface area (Å²) in [5.41, 5.74) is 3.19. The maximum absolute atomic E-state index is 12.7. The van der Waals surface area contributed by atoms with Crippen molar-refractivity contribution in [1.29, 1.82) is 5.26 Å². The van der Waals surface area contributed by atoms with Crippen molar-refractivity contribution in [1.82, 2.24) is 15.1 Å². The maximum Gasteiger partial charge on any atom is 0.262 e. The molecule has 2 heterocycles. The lowest BCUT2D eigenvalue weighted by molar-refractivity contribution is -0.117. The van der Waals surface area contributed by atoms with Gasteiger partial charge >= 0.3 is 0 Å². The summed E-state index contributed by atoms with van der Waals surface area (Å²) in [5, 5.41) is 17.2. The van der Waals surface area contributed by atoms with Crippen LogP contribution in [0.15, 0.2) is 94.1 Å². The molecular formula is C28H26N4O2S. The number of para-hydroxylation sites is 1. The molecule has 0 aliphatic rings. The molecule has 0 aliphatic heterocycles. The van der Waals surface area contributed by atoms with E-state index in [9.17, 15) is 10.1 Å². The highest BCUT2D eigenvalue weighted by molar-refractivity contribution is 7.99. The zero-order chi connectivity index (χ0) is 24.5. The maximum atomic E-state index is 12.7. The predicted molar refractivity (Wildman–Crippen MR) is 139 cm³/mol. The summed E-state index contributed by atoms with van der Waals surface area (Å²) in [5.74, 6) is 1.24. The number of hydrogen-bond donors (Lipinski definition) is 1.